The van der Waals surface area contributed by atoms with Gasteiger partial charge in [-0.3, -0.25) is 14.5 Å². The lowest BCUT2D eigenvalue weighted by Crippen LogP contribution is -2.48. The monoisotopic (exact) mass is 471 g/mol. The van der Waals surface area contributed by atoms with E-state index in [9.17, 15) is 9.59 Å². The number of hydrogen-bond donors (Lipinski definition) is 1. The van der Waals surface area contributed by atoms with Gasteiger partial charge >= 0.3 is 0 Å². The Kier molecular flexibility index (Phi) is 5.79. The van der Waals surface area contributed by atoms with Gasteiger partial charge in [-0.15, -0.1) is 11.3 Å². The Labute approximate surface area is 202 Å². The van der Waals surface area contributed by atoms with Gasteiger partial charge in [0.1, 0.15) is 12.3 Å². The van der Waals surface area contributed by atoms with Gasteiger partial charge in [-0.2, -0.15) is 0 Å². The molecule has 1 aliphatic rings. The van der Waals surface area contributed by atoms with Gasteiger partial charge in [-0.1, -0.05) is 43.3 Å². The molecule has 5 rings (SSSR count). The molecule has 1 unspecified atom stereocenters. The first-order valence-electron chi connectivity index (χ1n) is 11.3. The van der Waals surface area contributed by atoms with Gasteiger partial charge in [0, 0.05) is 21.5 Å². The number of benzene rings is 3. The van der Waals surface area contributed by atoms with Crippen LogP contribution in [-0.2, 0) is 9.59 Å². The minimum atomic E-state index is -0.619. The van der Waals surface area contributed by atoms with E-state index < -0.39 is 6.10 Å². The number of carbonyl (C=O) groups excluding carboxylic acids is 2. The fraction of sp³-hybridized carbons (Fsp3) is 0.222. The predicted molar refractivity (Wildman–Crippen MR) is 137 cm³/mol. The Bertz CT molecular complexity index is 1410. The number of fused-ring (bicyclic) bond motifs is 2. The molecule has 0 bridgehead atoms. The number of anilines is 2. The molecule has 0 saturated heterocycles. The van der Waals surface area contributed by atoms with Crippen molar-refractivity contribution in [2.45, 2.75) is 33.3 Å². The summed E-state index contributed by atoms with van der Waals surface area (Å²) in [6.07, 6.45) is -0.0989. The van der Waals surface area contributed by atoms with Crippen LogP contribution in [0.4, 0.5) is 11.4 Å². The van der Waals surface area contributed by atoms with Crippen molar-refractivity contribution in [1.29, 1.82) is 0 Å². The van der Waals surface area contributed by atoms with Crippen molar-refractivity contribution in [3.8, 4) is 17.0 Å². The second-order valence-electron chi connectivity index (χ2n) is 8.33. The quantitative estimate of drug-likeness (QED) is 0.404. The van der Waals surface area contributed by atoms with Crippen LogP contribution in [-0.4, -0.2) is 29.4 Å². The molecule has 172 valence electrons. The SMILES string of the molecule is CCC1Oc2ccc(-c3nc(C)sc3C)cc2N(CC(=O)Nc2cccc3ccccc23)C1=O. The van der Waals surface area contributed by atoms with Crippen molar-refractivity contribution >= 4 is 45.3 Å². The zero-order valence-electron chi connectivity index (χ0n) is 19.3. The molecule has 1 aliphatic heterocycles. The lowest BCUT2D eigenvalue weighted by molar-refractivity contribution is -0.128. The highest BCUT2D eigenvalue weighted by Gasteiger charge is 2.35. The van der Waals surface area contributed by atoms with E-state index in [-0.39, 0.29) is 18.4 Å². The number of nitrogens with zero attached hydrogens (tertiary/aromatic N) is 2. The van der Waals surface area contributed by atoms with Crippen LogP contribution in [0.3, 0.4) is 0 Å². The maximum absolute atomic E-state index is 13.2. The number of hydrogen-bond acceptors (Lipinski definition) is 5. The Morgan fingerprint density at radius 2 is 1.91 bits per heavy atom. The lowest BCUT2D eigenvalue weighted by Gasteiger charge is -2.34. The van der Waals surface area contributed by atoms with Crippen molar-refractivity contribution in [1.82, 2.24) is 4.98 Å². The zero-order valence-corrected chi connectivity index (χ0v) is 20.1. The van der Waals surface area contributed by atoms with E-state index in [2.05, 4.69) is 10.3 Å². The second-order valence-corrected chi connectivity index (χ2v) is 9.74. The lowest BCUT2D eigenvalue weighted by atomic mass is 10.1. The van der Waals surface area contributed by atoms with E-state index in [0.717, 1.165) is 37.6 Å². The molecule has 7 heteroatoms. The number of aryl methyl sites for hydroxylation is 2. The van der Waals surface area contributed by atoms with Gasteiger partial charge in [0.15, 0.2) is 6.10 Å². The standard InChI is InChI=1S/C27H25N3O3S/c1-4-23-27(32)30(15-25(31)29-21-11-7-9-18-8-5-6-10-20(18)21)22-14-19(12-13-24(22)33-23)26-16(2)34-17(3)28-26/h5-14,23H,4,15H2,1-3H3,(H,29,31). The summed E-state index contributed by atoms with van der Waals surface area (Å²) in [4.78, 5) is 33.7. The Morgan fingerprint density at radius 1 is 1.12 bits per heavy atom. The fourth-order valence-corrected chi connectivity index (χ4v) is 5.20. The smallest absolute Gasteiger partial charge is 0.268 e. The highest BCUT2D eigenvalue weighted by atomic mass is 32.1. The first kappa shape index (κ1) is 22.1. The van der Waals surface area contributed by atoms with Crippen LogP contribution in [0.5, 0.6) is 5.75 Å². The number of aromatic nitrogens is 1. The maximum Gasteiger partial charge on any atom is 0.268 e. The van der Waals surface area contributed by atoms with Crippen molar-refractivity contribution in [2.24, 2.45) is 0 Å². The molecule has 0 fully saturated rings. The second kappa shape index (κ2) is 8.91. The predicted octanol–water partition coefficient (Wildman–Crippen LogP) is 5.72. The third-order valence-corrected chi connectivity index (χ3v) is 6.86. The topological polar surface area (TPSA) is 71.5 Å². The molecular formula is C27H25N3O3S. The minimum absolute atomic E-state index is 0.104. The van der Waals surface area contributed by atoms with Crippen LogP contribution in [0.1, 0.15) is 23.2 Å². The third kappa shape index (κ3) is 4.03. The third-order valence-electron chi connectivity index (χ3n) is 5.97. The number of carbonyl (C=O) groups is 2. The molecule has 1 N–H and O–H groups in total. The van der Waals surface area contributed by atoms with Gasteiger partial charge in [-0.05, 0) is 49.9 Å². The van der Waals surface area contributed by atoms with Crippen LogP contribution < -0.4 is 15.0 Å². The number of nitrogens with one attached hydrogen (secondary N) is 1. The Balaban J connectivity index is 1.47. The fourth-order valence-electron chi connectivity index (χ4n) is 4.36. The summed E-state index contributed by atoms with van der Waals surface area (Å²) in [7, 11) is 0. The Hall–Kier alpha value is -3.71. The summed E-state index contributed by atoms with van der Waals surface area (Å²) >= 11 is 1.63. The summed E-state index contributed by atoms with van der Waals surface area (Å²) in [5.74, 6) is 0.114. The largest absolute Gasteiger partial charge is 0.478 e. The van der Waals surface area contributed by atoms with Crippen LogP contribution in [0.15, 0.2) is 60.7 Å². The van der Waals surface area contributed by atoms with Crippen LogP contribution in [0, 0.1) is 13.8 Å². The molecule has 0 saturated carbocycles. The first-order chi connectivity index (χ1) is 16.4. The summed E-state index contributed by atoms with van der Waals surface area (Å²) in [6, 6.07) is 19.4. The molecule has 3 aromatic carbocycles. The van der Waals surface area contributed by atoms with E-state index in [1.54, 1.807) is 11.3 Å². The normalized spacial score (nSPS) is 15.2. The average molecular weight is 472 g/mol. The summed E-state index contributed by atoms with van der Waals surface area (Å²) in [5, 5.41) is 5.97. The molecule has 2 heterocycles. The van der Waals surface area contributed by atoms with Crippen molar-refractivity contribution in [2.75, 3.05) is 16.8 Å². The van der Waals surface area contributed by atoms with E-state index in [0.29, 0.717) is 17.9 Å². The highest BCUT2D eigenvalue weighted by molar-refractivity contribution is 7.11. The summed E-state index contributed by atoms with van der Waals surface area (Å²) in [5.41, 5.74) is 3.09. The summed E-state index contributed by atoms with van der Waals surface area (Å²) < 4.78 is 5.97. The van der Waals surface area contributed by atoms with Crippen molar-refractivity contribution < 1.29 is 14.3 Å². The van der Waals surface area contributed by atoms with Gasteiger partial charge in [0.2, 0.25) is 5.91 Å². The zero-order chi connectivity index (χ0) is 23.8. The van der Waals surface area contributed by atoms with Crippen molar-refractivity contribution in [3.63, 3.8) is 0 Å². The van der Waals surface area contributed by atoms with E-state index in [4.69, 9.17) is 4.74 Å². The molecule has 0 spiro atoms. The average Bonchev–Trinajstić information content (AvgIpc) is 3.18. The Morgan fingerprint density at radius 3 is 2.68 bits per heavy atom. The number of thiazole rings is 1. The molecule has 1 atom stereocenters. The van der Waals surface area contributed by atoms with E-state index in [1.807, 2.05) is 81.4 Å². The van der Waals surface area contributed by atoms with Gasteiger partial charge < -0.3 is 10.1 Å². The molecule has 0 radical (unpaired) electrons. The molecule has 34 heavy (non-hydrogen) atoms. The van der Waals surface area contributed by atoms with Gasteiger partial charge in [0.25, 0.3) is 5.91 Å². The van der Waals surface area contributed by atoms with Crippen molar-refractivity contribution in [3.05, 3.63) is 70.5 Å². The molecule has 4 aromatic rings. The molecule has 1 aromatic heterocycles. The molecule has 0 aliphatic carbocycles. The molecule has 6 nitrogen and oxygen atoms in total. The highest BCUT2D eigenvalue weighted by Crippen LogP contribution is 2.39. The summed E-state index contributed by atoms with van der Waals surface area (Å²) in [6.45, 7) is 5.80. The van der Waals surface area contributed by atoms with Gasteiger partial charge in [-0.25, -0.2) is 4.98 Å². The first-order valence-corrected chi connectivity index (χ1v) is 12.1. The van der Waals surface area contributed by atoms with Crippen LogP contribution in [0.25, 0.3) is 22.0 Å². The minimum Gasteiger partial charge on any atom is -0.478 e. The molecule has 2 amide bonds. The van der Waals surface area contributed by atoms with Gasteiger partial charge in [0.05, 0.1) is 16.4 Å². The number of amides is 2. The van der Waals surface area contributed by atoms with Crippen LogP contribution in [0.2, 0.25) is 0 Å². The van der Waals surface area contributed by atoms with E-state index >= 15 is 0 Å². The van der Waals surface area contributed by atoms with Crippen LogP contribution >= 0.6 is 11.3 Å². The number of ether oxygens (including phenoxy) is 1. The van der Waals surface area contributed by atoms with E-state index in [1.165, 1.54) is 4.90 Å². The molecular weight excluding hydrogens is 446 g/mol. The maximum atomic E-state index is 13.2. The number of rotatable bonds is 5.